The number of hydrogen-bond donors (Lipinski definition) is 0. The molecule has 2 unspecified atom stereocenters. The van der Waals surface area contributed by atoms with Crippen LogP contribution in [0.4, 0.5) is 0 Å². The summed E-state index contributed by atoms with van der Waals surface area (Å²) in [6.07, 6.45) is 7.89. The molecule has 2 heterocycles. The van der Waals surface area contributed by atoms with Crippen molar-refractivity contribution >= 4 is 24.1 Å². The van der Waals surface area contributed by atoms with Crippen LogP contribution in [0.5, 0.6) is 0 Å². The molecule has 2 atom stereocenters. The molecule has 0 amide bonds. The lowest BCUT2D eigenvalue weighted by molar-refractivity contribution is -0.157. The van der Waals surface area contributed by atoms with E-state index in [2.05, 4.69) is 10.1 Å². The third kappa shape index (κ3) is 2.90. The standard InChI is InChI=1S/C15H24N2O3.ClH/c1-2-19-14(18)13-12-8-4-3-5-9-15(12,20-16-13)17-10-6-7-11-17;/h12H,2-11H2,1H3;1H. The zero-order valence-electron chi connectivity index (χ0n) is 12.7. The van der Waals surface area contributed by atoms with Crippen molar-refractivity contribution in [2.45, 2.75) is 57.6 Å². The summed E-state index contributed by atoms with van der Waals surface area (Å²) in [7, 11) is 0. The Hall–Kier alpha value is -0.810. The van der Waals surface area contributed by atoms with Crippen molar-refractivity contribution in [2.75, 3.05) is 19.7 Å². The van der Waals surface area contributed by atoms with Gasteiger partial charge in [0.05, 0.1) is 12.5 Å². The highest BCUT2D eigenvalue weighted by atomic mass is 35.5. The molecule has 0 spiro atoms. The quantitative estimate of drug-likeness (QED) is 0.751. The highest BCUT2D eigenvalue weighted by Crippen LogP contribution is 2.44. The first kappa shape index (κ1) is 16.6. The first-order valence-electron chi connectivity index (χ1n) is 7.96. The molecule has 0 aromatic heterocycles. The van der Waals surface area contributed by atoms with Gasteiger partial charge in [-0.25, -0.2) is 4.79 Å². The average Bonchev–Trinajstić information content (AvgIpc) is 3.04. The molecule has 5 nitrogen and oxygen atoms in total. The van der Waals surface area contributed by atoms with Crippen molar-refractivity contribution in [1.29, 1.82) is 0 Å². The van der Waals surface area contributed by atoms with E-state index in [-0.39, 0.29) is 30.0 Å². The maximum Gasteiger partial charge on any atom is 0.356 e. The van der Waals surface area contributed by atoms with Gasteiger partial charge in [-0.2, -0.15) is 0 Å². The molecule has 1 saturated carbocycles. The van der Waals surface area contributed by atoms with E-state index in [1.807, 2.05) is 6.92 Å². The topological polar surface area (TPSA) is 51.1 Å². The number of halogens is 1. The number of ether oxygens (including phenoxy) is 1. The van der Waals surface area contributed by atoms with E-state index in [0.717, 1.165) is 38.8 Å². The summed E-state index contributed by atoms with van der Waals surface area (Å²) < 4.78 is 5.16. The van der Waals surface area contributed by atoms with E-state index in [9.17, 15) is 4.79 Å². The van der Waals surface area contributed by atoms with Crippen LogP contribution in [0.3, 0.4) is 0 Å². The van der Waals surface area contributed by atoms with Gasteiger partial charge in [-0.1, -0.05) is 18.0 Å². The van der Waals surface area contributed by atoms with Crippen LogP contribution in [0.1, 0.15) is 51.9 Å². The Balaban J connectivity index is 0.00000161. The predicted octanol–water partition coefficient (Wildman–Crippen LogP) is 2.73. The molecule has 3 rings (SSSR count). The van der Waals surface area contributed by atoms with Gasteiger partial charge >= 0.3 is 5.97 Å². The molecule has 0 bridgehead atoms. The monoisotopic (exact) mass is 316 g/mol. The van der Waals surface area contributed by atoms with E-state index in [4.69, 9.17) is 9.57 Å². The lowest BCUT2D eigenvalue weighted by Gasteiger charge is -2.39. The maximum atomic E-state index is 12.1. The minimum atomic E-state index is -0.366. The number of carbonyl (C=O) groups excluding carboxylic acids is 1. The fourth-order valence-corrected chi connectivity index (χ4v) is 3.87. The first-order valence-corrected chi connectivity index (χ1v) is 7.96. The molecular weight excluding hydrogens is 292 g/mol. The van der Waals surface area contributed by atoms with Gasteiger partial charge in [-0.05, 0) is 32.6 Å². The Morgan fingerprint density at radius 3 is 2.81 bits per heavy atom. The molecule has 0 N–H and O–H groups in total. The van der Waals surface area contributed by atoms with Crippen molar-refractivity contribution in [3.8, 4) is 0 Å². The molecule has 0 aromatic carbocycles. The predicted molar refractivity (Wildman–Crippen MR) is 82.5 cm³/mol. The molecule has 1 aliphatic carbocycles. The van der Waals surface area contributed by atoms with Gasteiger partial charge in [0.15, 0.2) is 11.4 Å². The van der Waals surface area contributed by atoms with Crippen LogP contribution in [-0.2, 0) is 14.4 Å². The van der Waals surface area contributed by atoms with Crippen LogP contribution in [0.2, 0.25) is 0 Å². The number of carbonyl (C=O) groups is 1. The second kappa shape index (κ2) is 6.97. The van der Waals surface area contributed by atoms with Gasteiger partial charge in [-0.15, -0.1) is 12.4 Å². The van der Waals surface area contributed by atoms with E-state index in [1.165, 1.54) is 19.3 Å². The third-order valence-corrected chi connectivity index (χ3v) is 4.83. The molecule has 0 radical (unpaired) electrons. The van der Waals surface area contributed by atoms with Crippen LogP contribution < -0.4 is 0 Å². The highest BCUT2D eigenvalue weighted by molar-refractivity contribution is 6.37. The number of nitrogens with zero attached hydrogens (tertiary/aromatic N) is 2. The van der Waals surface area contributed by atoms with Crippen LogP contribution >= 0.6 is 12.4 Å². The normalized spacial score (nSPS) is 32.4. The number of rotatable bonds is 3. The molecule has 3 aliphatic rings. The van der Waals surface area contributed by atoms with E-state index in [1.54, 1.807) is 0 Å². The fraction of sp³-hybridized carbons (Fsp3) is 0.867. The molecule has 21 heavy (non-hydrogen) atoms. The molecular formula is C15H25ClN2O3. The zero-order chi connectivity index (χ0) is 14.0. The number of esters is 1. The second-order valence-electron chi connectivity index (χ2n) is 5.98. The lowest BCUT2D eigenvalue weighted by Crippen LogP contribution is -2.53. The fourth-order valence-electron chi connectivity index (χ4n) is 3.87. The van der Waals surface area contributed by atoms with Crippen LogP contribution in [0.15, 0.2) is 5.16 Å². The van der Waals surface area contributed by atoms with Crippen molar-refractivity contribution < 1.29 is 14.4 Å². The molecule has 120 valence electrons. The summed E-state index contributed by atoms with van der Waals surface area (Å²) in [6.45, 7) is 4.33. The highest BCUT2D eigenvalue weighted by Gasteiger charge is 2.55. The number of hydrogen-bond acceptors (Lipinski definition) is 5. The number of fused-ring (bicyclic) bond motifs is 1. The molecule has 2 fully saturated rings. The average molecular weight is 317 g/mol. The van der Waals surface area contributed by atoms with Crippen molar-refractivity contribution in [2.24, 2.45) is 11.1 Å². The van der Waals surface area contributed by atoms with Gasteiger partial charge in [0.25, 0.3) is 0 Å². The van der Waals surface area contributed by atoms with Gasteiger partial charge in [-0.3, -0.25) is 4.90 Å². The van der Waals surface area contributed by atoms with Crippen molar-refractivity contribution in [3.05, 3.63) is 0 Å². The summed E-state index contributed by atoms with van der Waals surface area (Å²) in [6, 6.07) is 0. The molecule has 1 saturated heterocycles. The maximum absolute atomic E-state index is 12.1. The van der Waals surface area contributed by atoms with Crippen molar-refractivity contribution in [3.63, 3.8) is 0 Å². The van der Waals surface area contributed by atoms with Crippen LogP contribution in [-0.4, -0.2) is 42.0 Å². The second-order valence-corrected chi connectivity index (χ2v) is 5.98. The Labute approximate surface area is 132 Å². The first-order chi connectivity index (χ1) is 9.78. The summed E-state index contributed by atoms with van der Waals surface area (Å²) in [4.78, 5) is 20.4. The number of likely N-dealkylation sites (tertiary alicyclic amines) is 1. The molecule has 6 heteroatoms. The minimum Gasteiger partial charge on any atom is -0.461 e. The summed E-state index contributed by atoms with van der Waals surface area (Å²) in [5, 5.41) is 4.16. The van der Waals surface area contributed by atoms with E-state index < -0.39 is 0 Å². The Morgan fingerprint density at radius 2 is 2.10 bits per heavy atom. The van der Waals surface area contributed by atoms with E-state index >= 15 is 0 Å². The molecule has 2 aliphatic heterocycles. The Kier molecular flexibility index (Phi) is 5.49. The Bertz CT molecular complexity index is 410. The minimum absolute atomic E-state index is 0. The molecule has 0 aromatic rings. The van der Waals surface area contributed by atoms with E-state index in [0.29, 0.717) is 12.3 Å². The SMILES string of the molecule is CCOC(=O)C1=NOC2(N3CCCC3)CCCCCC12.Cl. The lowest BCUT2D eigenvalue weighted by atomic mass is 9.86. The largest absolute Gasteiger partial charge is 0.461 e. The van der Waals surface area contributed by atoms with Crippen LogP contribution in [0, 0.1) is 5.92 Å². The van der Waals surface area contributed by atoms with Crippen LogP contribution in [0.25, 0.3) is 0 Å². The smallest absolute Gasteiger partial charge is 0.356 e. The zero-order valence-corrected chi connectivity index (χ0v) is 13.5. The summed E-state index contributed by atoms with van der Waals surface area (Å²) >= 11 is 0. The van der Waals surface area contributed by atoms with Crippen molar-refractivity contribution in [1.82, 2.24) is 4.90 Å². The van der Waals surface area contributed by atoms with Gasteiger partial charge in [0.2, 0.25) is 0 Å². The Morgan fingerprint density at radius 1 is 1.33 bits per heavy atom. The van der Waals surface area contributed by atoms with Gasteiger partial charge in [0.1, 0.15) is 0 Å². The van der Waals surface area contributed by atoms with Gasteiger partial charge in [0, 0.05) is 19.5 Å². The summed E-state index contributed by atoms with van der Waals surface area (Å²) in [5.74, 6) is -0.206. The van der Waals surface area contributed by atoms with Gasteiger partial charge < -0.3 is 9.57 Å². The third-order valence-electron chi connectivity index (χ3n) is 4.83. The summed E-state index contributed by atoms with van der Waals surface area (Å²) in [5.41, 5.74) is 0.149. The number of oxime groups is 1.